The van der Waals surface area contributed by atoms with Gasteiger partial charge >= 0.3 is 54.9 Å². The molecule has 0 unspecified atom stereocenters. The topological polar surface area (TPSA) is 241 Å². The van der Waals surface area contributed by atoms with E-state index in [1.807, 2.05) is 0 Å². The van der Waals surface area contributed by atoms with Crippen molar-refractivity contribution in [2.45, 2.75) is 9.88 Å². The van der Waals surface area contributed by atoms with Gasteiger partial charge in [0.25, 0.3) is 0 Å². The third-order valence-corrected chi connectivity index (χ3v) is 1.07. The Bertz CT molecular complexity index is 450. The van der Waals surface area contributed by atoms with Crippen LogP contribution in [-0.2, 0) is 28.8 Å². The Balaban J connectivity index is -0.0000000864. The van der Waals surface area contributed by atoms with Gasteiger partial charge in [-0.3, -0.25) is 0 Å². The Morgan fingerprint density at radius 1 is 0.393 bits per heavy atom. The molecule has 0 saturated heterocycles. The fraction of sp³-hybridized carbons (Fsp3) is 0.143. The number of hydrogen-bond donors (Lipinski definition) is 0. The number of carboxylic acids is 6. The summed E-state index contributed by atoms with van der Waals surface area (Å²) in [4.78, 5) is 60.7. The Morgan fingerprint density at radius 3 is 0.500 bits per heavy atom. The summed E-state index contributed by atoms with van der Waals surface area (Å²) in [5.74, 6) is -9.28. The number of carboxylic acid groups (broad SMARTS) is 6. The SMILES string of the molecule is O=C([O-])/C=C\C(=O)[O-].O=C([O-])/C=C\C(=O)[O-].O=C([O-])/C=C\C(=O)[O-].[CH3][Sn+3].[CH3][Sn+3]. The summed E-state index contributed by atoms with van der Waals surface area (Å²) < 4.78 is 0. The van der Waals surface area contributed by atoms with Crippen molar-refractivity contribution in [3.8, 4) is 0 Å². The van der Waals surface area contributed by atoms with Crippen LogP contribution in [0.1, 0.15) is 0 Å². The van der Waals surface area contributed by atoms with Gasteiger partial charge in [-0.05, 0) is 36.5 Å². The molecule has 0 aromatic rings. The van der Waals surface area contributed by atoms with Crippen molar-refractivity contribution in [2.75, 3.05) is 0 Å². The molecule has 0 aliphatic carbocycles. The third kappa shape index (κ3) is 75.8. The van der Waals surface area contributed by atoms with Crippen molar-refractivity contribution in [3.05, 3.63) is 36.5 Å². The monoisotopic (exact) mass is 612 g/mol. The van der Waals surface area contributed by atoms with E-state index in [1.54, 1.807) is 45.0 Å². The van der Waals surface area contributed by atoms with Crippen LogP contribution >= 0.6 is 0 Å². The molecule has 14 heteroatoms. The average Bonchev–Trinajstić information content (AvgIpc) is 2.61. The molecular weight excluding hydrogens is 598 g/mol. The molecule has 0 aromatic heterocycles. The number of aliphatic carboxylic acids is 6. The number of hydrogen-bond acceptors (Lipinski definition) is 12. The number of carbonyl (C=O) groups is 6. The fourth-order valence-electron chi connectivity index (χ4n) is 0.408. The van der Waals surface area contributed by atoms with E-state index in [0.29, 0.717) is 36.5 Å². The molecule has 0 atom stereocenters. The zero-order chi connectivity index (χ0) is 23.7. The van der Waals surface area contributed by atoms with Crippen molar-refractivity contribution in [1.82, 2.24) is 0 Å². The van der Waals surface area contributed by atoms with Crippen LogP contribution in [0.3, 0.4) is 0 Å². The Labute approximate surface area is 186 Å². The molecular formula is C14H12O12Sn2. The summed E-state index contributed by atoms with van der Waals surface area (Å²) in [5.41, 5.74) is 0. The molecule has 0 aliphatic heterocycles. The maximum atomic E-state index is 9.41. The Kier molecular flexibility index (Phi) is 38.4. The van der Waals surface area contributed by atoms with Crippen LogP contribution in [0.4, 0.5) is 0 Å². The van der Waals surface area contributed by atoms with E-state index in [-0.39, 0.29) is 0 Å². The minimum atomic E-state index is -1.55. The van der Waals surface area contributed by atoms with Gasteiger partial charge in [0.1, 0.15) is 0 Å². The molecule has 0 amide bonds. The van der Waals surface area contributed by atoms with E-state index in [0.717, 1.165) is 0 Å². The van der Waals surface area contributed by atoms with Crippen molar-refractivity contribution < 1.29 is 59.4 Å². The minimum absolute atomic E-state index is 0.384. The molecule has 0 heterocycles. The van der Waals surface area contributed by atoms with Gasteiger partial charge in [-0.15, -0.1) is 0 Å². The first kappa shape index (κ1) is 36.5. The van der Waals surface area contributed by atoms with Crippen LogP contribution in [0, 0.1) is 0 Å². The van der Waals surface area contributed by atoms with E-state index in [2.05, 4.69) is 9.88 Å². The van der Waals surface area contributed by atoms with Crippen LogP contribution in [0.25, 0.3) is 0 Å². The van der Waals surface area contributed by atoms with Crippen LogP contribution < -0.4 is 30.6 Å². The van der Waals surface area contributed by atoms with Crippen molar-refractivity contribution >= 4 is 80.9 Å². The molecule has 0 rings (SSSR count). The first-order valence-corrected chi connectivity index (χ1v) is 11.9. The van der Waals surface area contributed by atoms with Gasteiger partial charge in [-0.2, -0.15) is 0 Å². The zero-order valence-electron chi connectivity index (χ0n) is 14.4. The molecule has 0 bridgehead atoms. The van der Waals surface area contributed by atoms with E-state index < -0.39 is 35.8 Å². The molecule has 0 saturated carbocycles. The summed E-state index contributed by atoms with van der Waals surface area (Å²) in [7, 11) is 0. The van der Waals surface area contributed by atoms with Gasteiger partial charge in [-0.25, -0.2) is 0 Å². The third-order valence-electron chi connectivity index (χ3n) is 1.07. The van der Waals surface area contributed by atoms with Gasteiger partial charge in [-0.1, -0.05) is 0 Å². The Morgan fingerprint density at radius 2 is 0.464 bits per heavy atom. The Hall–Kier alpha value is -2.36. The average molecular weight is 610 g/mol. The fourth-order valence-corrected chi connectivity index (χ4v) is 0.408. The molecule has 0 spiro atoms. The van der Waals surface area contributed by atoms with Crippen molar-refractivity contribution in [3.63, 3.8) is 0 Å². The molecule has 0 aliphatic rings. The predicted octanol–water partition coefficient (Wildman–Crippen LogP) is -8.47. The predicted molar refractivity (Wildman–Crippen MR) is 80.7 cm³/mol. The standard InChI is InChI=1S/3C4H4O4.2CH3.2Sn/c3*5-3(6)1-2-4(7)8;;;;/h3*1-2H,(H,5,6)(H,7,8);2*1H3;;/q;;;;;2*+3/p-6/b3*2-1-;;;;. The molecule has 0 fully saturated rings. The van der Waals surface area contributed by atoms with Crippen LogP contribution in [0.15, 0.2) is 36.5 Å². The molecule has 0 aromatic carbocycles. The van der Waals surface area contributed by atoms with Crippen molar-refractivity contribution in [1.29, 1.82) is 0 Å². The van der Waals surface area contributed by atoms with Gasteiger partial charge < -0.3 is 59.4 Å². The van der Waals surface area contributed by atoms with Gasteiger partial charge in [0, 0.05) is 0 Å². The van der Waals surface area contributed by atoms with E-state index >= 15 is 0 Å². The number of rotatable bonds is 6. The first-order chi connectivity index (χ1) is 12.9. The molecule has 148 valence electrons. The summed E-state index contributed by atoms with van der Waals surface area (Å²) in [6.45, 7) is 0. The van der Waals surface area contributed by atoms with Crippen LogP contribution in [0.5, 0.6) is 0 Å². The second-order valence-corrected chi connectivity index (χ2v) is 2.91. The summed E-state index contributed by atoms with van der Waals surface area (Å²) >= 11 is 3.10. The van der Waals surface area contributed by atoms with E-state index in [9.17, 15) is 59.4 Å². The number of carbonyl (C=O) groups excluding carboxylic acids is 6. The second-order valence-electron chi connectivity index (χ2n) is 2.91. The van der Waals surface area contributed by atoms with Gasteiger partial charge in [0.15, 0.2) is 0 Å². The second kappa shape index (κ2) is 29.4. The molecule has 0 radical (unpaired) electrons. The van der Waals surface area contributed by atoms with Crippen molar-refractivity contribution in [2.24, 2.45) is 0 Å². The molecule has 28 heavy (non-hydrogen) atoms. The van der Waals surface area contributed by atoms with Gasteiger partial charge in [0.05, 0.1) is 35.8 Å². The van der Waals surface area contributed by atoms with Crippen LogP contribution in [0.2, 0.25) is 9.88 Å². The molecule has 12 nitrogen and oxygen atoms in total. The van der Waals surface area contributed by atoms with Gasteiger partial charge in [0.2, 0.25) is 0 Å². The van der Waals surface area contributed by atoms with Crippen LogP contribution in [-0.4, -0.2) is 80.9 Å². The first-order valence-electron chi connectivity index (χ1n) is 6.18. The summed E-state index contributed by atoms with van der Waals surface area (Å²) in [5, 5.41) is 56.5. The summed E-state index contributed by atoms with van der Waals surface area (Å²) in [6, 6.07) is 0. The quantitative estimate of drug-likeness (QED) is 0.201. The zero-order valence-corrected chi connectivity index (χ0v) is 20.1. The van der Waals surface area contributed by atoms with E-state index in [4.69, 9.17) is 0 Å². The normalized spacial score (nSPS) is 8.64. The molecule has 0 N–H and O–H groups in total. The maximum absolute atomic E-state index is 9.41. The van der Waals surface area contributed by atoms with E-state index in [1.165, 1.54) is 0 Å². The summed E-state index contributed by atoms with van der Waals surface area (Å²) in [6.07, 6.45) is 2.31.